The fraction of sp³-hybridized carbons (Fsp3) is 0.500. The highest BCUT2D eigenvalue weighted by molar-refractivity contribution is 7.91. The van der Waals surface area contributed by atoms with Gasteiger partial charge in [0.2, 0.25) is 3.79 Å². The van der Waals surface area contributed by atoms with Crippen LogP contribution in [0.2, 0.25) is 0 Å². The number of carboxylic acid groups (broad SMARTS) is 1. The zero-order valence-electron chi connectivity index (χ0n) is 12.4. The van der Waals surface area contributed by atoms with Crippen LogP contribution in [0.3, 0.4) is 0 Å². The molecular formula is C14H17Cl3O4S. The quantitative estimate of drug-likeness (QED) is 0.768. The van der Waals surface area contributed by atoms with E-state index in [2.05, 4.69) is 0 Å². The molecule has 0 unspecified atom stereocenters. The van der Waals surface area contributed by atoms with Crippen molar-refractivity contribution in [3.8, 4) is 0 Å². The minimum absolute atomic E-state index is 0.0139. The molecule has 0 aliphatic heterocycles. The maximum absolute atomic E-state index is 12.7. The third kappa shape index (κ3) is 4.28. The minimum atomic E-state index is -3.79. The van der Waals surface area contributed by atoms with Gasteiger partial charge in [-0.05, 0) is 24.0 Å². The molecule has 0 heterocycles. The van der Waals surface area contributed by atoms with E-state index in [0.29, 0.717) is 0 Å². The van der Waals surface area contributed by atoms with Gasteiger partial charge in [-0.25, -0.2) is 13.2 Å². The van der Waals surface area contributed by atoms with E-state index >= 15 is 0 Å². The molecule has 0 spiro atoms. The highest BCUT2D eigenvalue weighted by atomic mass is 35.6. The summed E-state index contributed by atoms with van der Waals surface area (Å²) in [6, 6.07) is 2.52. The summed E-state index contributed by atoms with van der Waals surface area (Å²) in [5.41, 5.74) is 0.0554. The van der Waals surface area contributed by atoms with Crippen LogP contribution in [0.4, 0.5) is 0 Å². The molecule has 0 radical (unpaired) electrons. The SMILES string of the molecule is CCc1c(C(=O)O)ccc(C(Cl)(Cl)Cl)c1S(=O)(=O)CC(C)C. The van der Waals surface area contributed by atoms with Crippen LogP contribution in [0.25, 0.3) is 0 Å². The normalized spacial score (nSPS) is 12.7. The lowest BCUT2D eigenvalue weighted by Gasteiger charge is -2.21. The standard InChI is InChI=1S/C14H17Cl3O4S/c1-4-9-10(13(18)19)5-6-11(14(15,16)17)12(9)22(20,21)7-8(2)3/h5-6,8H,4,7H2,1-3H3,(H,18,19). The minimum Gasteiger partial charge on any atom is -0.478 e. The molecule has 0 atom stereocenters. The van der Waals surface area contributed by atoms with Crippen molar-refractivity contribution in [2.75, 3.05) is 5.75 Å². The van der Waals surface area contributed by atoms with Crippen molar-refractivity contribution in [1.29, 1.82) is 0 Å². The molecule has 0 saturated carbocycles. The van der Waals surface area contributed by atoms with Gasteiger partial charge < -0.3 is 5.11 Å². The summed E-state index contributed by atoms with van der Waals surface area (Å²) in [5.74, 6) is -1.52. The van der Waals surface area contributed by atoms with Gasteiger partial charge in [0.05, 0.1) is 16.2 Å². The van der Waals surface area contributed by atoms with E-state index in [1.807, 2.05) is 0 Å². The molecule has 4 nitrogen and oxygen atoms in total. The molecule has 1 aromatic carbocycles. The van der Waals surface area contributed by atoms with Crippen LogP contribution >= 0.6 is 34.8 Å². The van der Waals surface area contributed by atoms with Crippen LogP contribution in [0.15, 0.2) is 17.0 Å². The van der Waals surface area contributed by atoms with Crippen molar-refractivity contribution in [2.45, 2.75) is 35.9 Å². The smallest absolute Gasteiger partial charge is 0.336 e. The number of hydrogen-bond donors (Lipinski definition) is 1. The van der Waals surface area contributed by atoms with Crippen LogP contribution in [0, 0.1) is 5.92 Å². The number of rotatable bonds is 5. The molecule has 0 amide bonds. The van der Waals surface area contributed by atoms with E-state index in [1.165, 1.54) is 12.1 Å². The van der Waals surface area contributed by atoms with E-state index in [4.69, 9.17) is 34.8 Å². The van der Waals surface area contributed by atoms with Gasteiger partial charge in [0.1, 0.15) is 0 Å². The Labute approximate surface area is 145 Å². The summed E-state index contributed by atoms with van der Waals surface area (Å²) in [5, 5.41) is 9.27. The van der Waals surface area contributed by atoms with E-state index in [1.54, 1.807) is 20.8 Å². The maximum Gasteiger partial charge on any atom is 0.336 e. The lowest BCUT2D eigenvalue weighted by Crippen LogP contribution is -2.20. The Balaban J connectivity index is 3.83. The predicted molar refractivity (Wildman–Crippen MR) is 88.9 cm³/mol. The first-order chi connectivity index (χ1) is 9.91. The van der Waals surface area contributed by atoms with Gasteiger partial charge in [0, 0.05) is 5.56 Å². The fourth-order valence-electron chi connectivity index (χ4n) is 2.28. The zero-order valence-corrected chi connectivity index (χ0v) is 15.4. The molecule has 0 bridgehead atoms. The van der Waals surface area contributed by atoms with E-state index < -0.39 is 19.6 Å². The second-order valence-electron chi connectivity index (χ2n) is 5.30. The van der Waals surface area contributed by atoms with E-state index in [9.17, 15) is 18.3 Å². The summed E-state index contributed by atoms with van der Waals surface area (Å²) < 4.78 is 23.4. The zero-order chi connectivity index (χ0) is 17.3. The molecule has 22 heavy (non-hydrogen) atoms. The lowest BCUT2D eigenvalue weighted by molar-refractivity contribution is 0.0695. The molecule has 8 heteroatoms. The Morgan fingerprint density at radius 2 is 1.82 bits per heavy atom. The average molecular weight is 388 g/mol. The van der Waals surface area contributed by atoms with Gasteiger partial charge in [0.15, 0.2) is 9.84 Å². The maximum atomic E-state index is 12.7. The van der Waals surface area contributed by atoms with Crippen LogP contribution in [-0.2, 0) is 20.1 Å². The van der Waals surface area contributed by atoms with Crippen LogP contribution in [-0.4, -0.2) is 25.2 Å². The van der Waals surface area contributed by atoms with Crippen molar-refractivity contribution < 1.29 is 18.3 Å². The Morgan fingerprint density at radius 3 is 2.18 bits per heavy atom. The first-order valence-electron chi connectivity index (χ1n) is 6.61. The number of hydrogen-bond acceptors (Lipinski definition) is 3. The second kappa shape index (κ2) is 6.95. The Kier molecular flexibility index (Phi) is 6.18. The Hall–Kier alpha value is -0.490. The van der Waals surface area contributed by atoms with Crippen molar-refractivity contribution in [3.05, 3.63) is 28.8 Å². The number of alkyl halides is 3. The number of sulfone groups is 1. The number of halogens is 3. The number of aromatic carboxylic acids is 1. The highest BCUT2D eigenvalue weighted by Crippen LogP contribution is 2.43. The van der Waals surface area contributed by atoms with Gasteiger partial charge in [-0.3, -0.25) is 0 Å². The molecule has 0 fully saturated rings. The van der Waals surface area contributed by atoms with E-state index in [0.717, 1.165) is 0 Å². The van der Waals surface area contributed by atoms with Gasteiger partial charge in [0.25, 0.3) is 0 Å². The molecule has 1 rings (SSSR count). The fourth-order valence-corrected chi connectivity index (χ4v) is 5.15. The summed E-state index contributed by atoms with van der Waals surface area (Å²) in [4.78, 5) is 11.2. The summed E-state index contributed by atoms with van der Waals surface area (Å²) in [6.07, 6.45) is 0.197. The average Bonchev–Trinajstić information content (AvgIpc) is 2.33. The molecule has 0 saturated heterocycles. The third-order valence-electron chi connectivity index (χ3n) is 3.01. The Morgan fingerprint density at radius 1 is 1.27 bits per heavy atom. The molecule has 0 aromatic heterocycles. The summed E-state index contributed by atoms with van der Waals surface area (Å²) in [7, 11) is -3.79. The number of carboxylic acids is 1. The van der Waals surface area contributed by atoms with Crippen molar-refractivity contribution in [1.82, 2.24) is 0 Å². The number of benzene rings is 1. The van der Waals surface area contributed by atoms with Crippen molar-refractivity contribution in [2.24, 2.45) is 5.92 Å². The van der Waals surface area contributed by atoms with Gasteiger partial charge >= 0.3 is 5.97 Å². The number of carbonyl (C=O) groups is 1. The highest BCUT2D eigenvalue weighted by Gasteiger charge is 2.35. The van der Waals surface area contributed by atoms with Gasteiger partial charge in [-0.1, -0.05) is 61.6 Å². The molecular weight excluding hydrogens is 371 g/mol. The first kappa shape index (κ1) is 19.6. The molecule has 1 aromatic rings. The lowest BCUT2D eigenvalue weighted by atomic mass is 10.0. The van der Waals surface area contributed by atoms with Crippen molar-refractivity contribution >= 4 is 50.6 Å². The molecule has 0 aliphatic rings. The molecule has 0 aliphatic carbocycles. The summed E-state index contributed by atoms with van der Waals surface area (Å²) >= 11 is 17.7. The monoisotopic (exact) mass is 386 g/mol. The summed E-state index contributed by atoms with van der Waals surface area (Å²) in [6.45, 7) is 5.16. The van der Waals surface area contributed by atoms with Gasteiger partial charge in [-0.15, -0.1) is 0 Å². The predicted octanol–water partition coefficient (Wildman–Crippen LogP) is 4.20. The van der Waals surface area contributed by atoms with Crippen molar-refractivity contribution in [3.63, 3.8) is 0 Å². The largest absolute Gasteiger partial charge is 0.478 e. The van der Waals surface area contributed by atoms with Crippen LogP contribution in [0.1, 0.15) is 42.3 Å². The van der Waals surface area contributed by atoms with Crippen LogP contribution < -0.4 is 0 Å². The van der Waals surface area contributed by atoms with Gasteiger partial charge in [-0.2, -0.15) is 0 Å². The molecule has 1 N–H and O–H groups in total. The Bertz CT molecular complexity index is 676. The first-order valence-corrected chi connectivity index (χ1v) is 9.39. The molecule has 124 valence electrons. The second-order valence-corrected chi connectivity index (χ2v) is 9.55. The van der Waals surface area contributed by atoms with E-state index in [-0.39, 0.29) is 39.7 Å². The third-order valence-corrected chi connectivity index (χ3v) is 5.82. The van der Waals surface area contributed by atoms with Crippen LogP contribution in [0.5, 0.6) is 0 Å². The topological polar surface area (TPSA) is 71.4 Å².